The predicted octanol–water partition coefficient (Wildman–Crippen LogP) is 3.90. The van der Waals surface area contributed by atoms with Crippen molar-refractivity contribution in [2.24, 2.45) is 4.99 Å². The summed E-state index contributed by atoms with van der Waals surface area (Å²) in [5.74, 6) is -0.612. The number of rotatable bonds is 5. The van der Waals surface area contributed by atoms with Crippen LogP contribution in [0.2, 0.25) is 0 Å². The number of aromatic nitrogens is 1. The van der Waals surface area contributed by atoms with Crippen LogP contribution in [0.5, 0.6) is 0 Å². The van der Waals surface area contributed by atoms with E-state index < -0.39 is 5.91 Å². The Hall–Kier alpha value is -3.03. The second-order valence-electron chi connectivity index (χ2n) is 6.55. The lowest BCUT2D eigenvalue weighted by Crippen LogP contribution is -2.22. The number of nitrogens with zero attached hydrogens (tertiary/aromatic N) is 2. The van der Waals surface area contributed by atoms with Crippen LogP contribution in [0.25, 0.3) is 21.2 Å². The van der Waals surface area contributed by atoms with Gasteiger partial charge in [-0.1, -0.05) is 35.6 Å². The highest BCUT2D eigenvalue weighted by Crippen LogP contribution is 2.21. The van der Waals surface area contributed by atoms with Crippen LogP contribution < -0.4 is 10.2 Å². The van der Waals surface area contributed by atoms with Crippen LogP contribution in [-0.2, 0) is 11.3 Å². The lowest BCUT2D eigenvalue weighted by atomic mass is 10.1. The average molecular weight is 408 g/mol. The smallest absolute Gasteiger partial charge is 0.286 e. The Morgan fingerprint density at radius 3 is 2.86 bits per heavy atom. The summed E-state index contributed by atoms with van der Waals surface area (Å²) < 4.78 is 14.0. The summed E-state index contributed by atoms with van der Waals surface area (Å²) in [6.45, 7) is 5.66. The number of carbonyl (C=O) groups excluding carboxylic acids is 1. The molecule has 0 radical (unpaired) electrons. The quantitative estimate of drug-likeness (QED) is 0.470. The van der Waals surface area contributed by atoms with Gasteiger partial charge < -0.3 is 13.7 Å². The number of para-hydroxylation sites is 2. The van der Waals surface area contributed by atoms with Gasteiger partial charge in [0.1, 0.15) is 17.4 Å². The average Bonchev–Trinajstić information content (AvgIpc) is 3.07. The van der Waals surface area contributed by atoms with Crippen molar-refractivity contribution in [3.8, 4) is 0 Å². The molecule has 0 aliphatic carbocycles. The van der Waals surface area contributed by atoms with Crippen LogP contribution >= 0.6 is 11.3 Å². The third-order valence-electron chi connectivity index (χ3n) is 4.67. The van der Waals surface area contributed by atoms with Crippen LogP contribution in [0.4, 0.5) is 0 Å². The van der Waals surface area contributed by atoms with Gasteiger partial charge in [0.25, 0.3) is 5.91 Å². The molecule has 2 aromatic heterocycles. The molecule has 6 nitrogen and oxygen atoms in total. The highest BCUT2D eigenvalue weighted by Gasteiger charge is 2.15. The molecule has 0 N–H and O–H groups in total. The zero-order chi connectivity index (χ0) is 20.4. The van der Waals surface area contributed by atoms with Gasteiger partial charge >= 0.3 is 0 Å². The van der Waals surface area contributed by atoms with E-state index >= 15 is 0 Å². The number of aryl methyl sites for hydroxylation is 1. The van der Waals surface area contributed by atoms with Crippen LogP contribution in [0, 0.1) is 6.92 Å². The number of ether oxygens (including phenoxy) is 1. The minimum atomic E-state index is -0.612. The normalized spacial score (nSPS) is 12.1. The van der Waals surface area contributed by atoms with Crippen LogP contribution in [0.3, 0.4) is 0 Å². The van der Waals surface area contributed by atoms with Crippen molar-refractivity contribution in [1.29, 1.82) is 0 Å². The fraction of sp³-hybridized carbons (Fsp3) is 0.227. The molecule has 0 saturated heterocycles. The molecule has 29 heavy (non-hydrogen) atoms. The van der Waals surface area contributed by atoms with Gasteiger partial charge in [0.15, 0.2) is 4.80 Å². The molecule has 0 spiro atoms. The lowest BCUT2D eigenvalue weighted by Gasteiger charge is -2.07. The Morgan fingerprint density at radius 2 is 2.03 bits per heavy atom. The predicted molar refractivity (Wildman–Crippen MR) is 113 cm³/mol. The van der Waals surface area contributed by atoms with Crippen molar-refractivity contribution >= 4 is 38.4 Å². The van der Waals surface area contributed by atoms with Gasteiger partial charge in [-0.05, 0) is 37.6 Å². The molecule has 0 atom stereocenters. The molecule has 1 amide bonds. The zero-order valence-corrected chi connectivity index (χ0v) is 17.0. The maximum absolute atomic E-state index is 12.9. The fourth-order valence-electron chi connectivity index (χ4n) is 3.27. The Labute approximate surface area is 170 Å². The molecule has 2 heterocycles. The van der Waals surface area contributed by atoms with Crippen LogP contribution in [0.1, 0.15) is 22.8 Å². The Morgan fingerprint density at radius 1 is 1.21 bits per heavy atom. The van der Waals surface area contributed by atoms with E-state index in [0.29, 0.717) is 35.5 Å². The molecular weight excluding hydrogens is 388 g/mol. The number of benzene rings is 2. The number of hydrogen-bond donors (Lipinski definition) is 0. The summed E-state index contributed by atoms with van der Waals surface area (Å²) in [6.07, 6.45) is 1.19. The van der Waals surface area contributed by atoms with E-state index in [4.69, 9.17) is 9.15 Å². The van der Waals surface area contributed by atoms with Gasteiger partial charge in [0, 0.05) is 13.2 Å². The summed E-state index contributed by atoms with van der Waals surface area (Å²) in [6, 6.07) is 12.8. The fourth-order valence-corrected chi connectivity index (χ4v) is 4.41. The second kappa shape index (κ2) is 8.14. The van der Waals surface area contributed by atoms with Crippen molar-refractivity contribution in [2.75, 3.05) is 13.2 Å². The molecule has 2 aromatic carbocycles. The standard InChI is InChI=1S/C22H20N2O4S/c1-3-27-12-11-24-19-14(2)7-6-10-18(19)29-22(24)23-21(26)16-13-28-17-9-5-4-8-15(17)20(16)25/h4-10,13H,3,11-12H2,1-2H3. The Kier molecular flexibility index (Phi) is 5.42. The third-order valence-corrected chi connectivity index (χ3v) is 5.72. The lowest BCUT2D eigenvalue weighted by molar-refractivity contribution is 0.0994. The molecule has 7 heteroatoms. The monoisotopic (exact) mass is 408 g/mol. The highest BCUT2D eigenvalue weighted by molar-refractivity contribution is 7.16. The molecule has 0 unspecified atom stereocenters. The van der Waals surface area contributed by atoms with Gasteiger partial charge in [-0.15, -0.1) is 0 Å². The van der Waals surface area contributed by atoms with E-state index in [2.05, 4.69) is 4.99 Å². The Balaban J connectivity index is 1.84. The maximum atomic E-state index is 12.9. The maximum Gasteiger partial charge on any atom is 0.286 e. The molecule has 148 valence electrons. The highest BCUT2D eigenvalue weighted by atomic mass is 32.1. The Bertz CT molecular complexity index is 1330. The van der Waals surface area contributed by atoms with Gasteiger partial charge in [-0.3, -0.25) is 9.59 Å². The minimum Gasteiger partial charge on any atom is -0.463 e. The van der Waals surface area contributed by atoms with Gasteiger partial charge in [-0.2, -0.15) is 4.99 Å². The van der Waals surface area contributed by atoms with Crippen molar-refractivity contribution < 1.29 is 13.9 Å². The van der Waals surface area contributed by atoms with Crippen molar-refractivity contribution in [2.45, 2.75) is 20.4 Å². The van der Waals surface area contributed by atoms with E-state index in [1.807, 2.05) is 36.6 Å². The van der Waals surface area contributed by atoms with E-state index in [1.165, 1.54) is 17.6 Å². The molecule has 0 bridgehead atoms. The molecule has 0 aliphatic rings. The molecule has 0 aliphatic heterocycles. The van der Waals surface area contributed by atoms with E-state index in [-0.39, 0.29) is 11.0 Å². The number of amides is 1. The molecule has 0 fully saturated rings. The van der Waals surface area contributed by atoms with Crippen molar-refractivity contribution in [3.05, 3.63) is 74.9 Å². The first-order valence-corrected chi connectivity index (χ1v) is 10.2. The first-order valence-electron chi connectivity index (χ1n) is 9.36. The zero-order valence-electron chi connectivity index (χ0n) is 16.2. The number of thiazole rings is 1. The van der Waals surface area contributed by atoms with Gasteiger partial charge in [-0.25, -0.2) is 0 Å². The molecule has 4 aromatic rings. The summed E-state index contributed by atoms with van der Waals surface area (Å²) in [5, 5.41) is 0.366. The summed E-state index contributed by atoms with van der Waals surface area (Å²) in [5.41, 5.74) is 2.11. The number of fused-ring (bicyclic) bond motifs is 2. The first-order chi connectivity index (χ1) is 14.1. The molecular formula is C22H20N2O4S. The topological polar surface area (TPSA) is 73.8 Å². The largest absolute Gasteiger partial charge is 0.463 e. The third kappa shape index (κ3) is 3.66. The van der Waals surface area contributed by atoms with Crippen molar-refractivity contribution in [1.82, 2.24) is 4.57 Å². The summed E-state index contributed by atoms with van der Waals surface area (Å²) in [7, 11) is 0. The van der Waals surface area contributed by atoms with Gasteiger partial charge in [0.05, 0.1) is 22.2 Å². The van der Waals surface area contributed by atoms with Crippen LogP contribution in [0.15, 0.2) is 62.9 Å². The molecule has 0 saturated carbocycles. The van der Waals surface area contributed by atoms with Gasteiger partial charge in [0.2, 0.25) is 5.43 Å². The van der Waals surface area contributed by atoms with E-state index in [0.717, 1.165) is 15.8 Å². The number of hydrogen-bond acceptors (Lipinski definition) is 5. The van der Waals surface area contributed by atoms with E-state index in [9.17, 15) is 9.59 Å². The second-order valence-corrected chi connectivity index (χ2v) is 7.56. The van der Waals surface area contributed by atoms with Crippen molar-refractivity contribution in [3.63, 3.8) is 0 Å². The minimum absolute atomic E-state index is 0.0748. The summed E-state index contributed by atoms with van der Waals surface area (Å²) in [4.78, 5) is 30.4. The summed E-state index contributed by atoms with van der Waals surface area (Å²) >= 11 is 1.42. The number of carbonyl (C=O) groups is 1. The molecule has 4 rings (SSSR count). The first kappa shape index (κ1) is 19.3. The van der Waals surface area contributed by atoms with E-state index in [1.54, 1.807) is 24.3 Å². The SMILES string of the molecule is CCOCCn1c(=NC(=O)c2coc3ccccc3c2=O)sc2cccc(C)c21. The van der Waals surface area contributed by atoms with Crippen LogP contribution in [-0.4, -0.2) is 23.7 Å².